The first kappa shape index (κ1) is 23.4. The first-order valence-electron chi connectivity index (χ1n) is 12.4. The fourth-order valence-electron chi connectivity index (χ4n) is 8.06. The molecule has 4 N–H and O–H groups in total. The molecule has 8 nitrogen and oxygen atoms in total. The van der Waals surface area contributed by atoms with E-state index in [4.69, 9.17) is 9.47 Å². The molecule has 184 valence electrons. The largest absolute Gasteiger partial charge is 0.479 e. The van der Waals surface area contributed by atoms with Crippen molar-refractivity contribution in [3.05, 3.63) is 11.6 Å². The van der Waals surface area contributed by atoms with Gasteiger partial charge in [0.25, 0.3) is 0 Å². The van der Waals surface area contributed by atoms with Crippen LogP contribution in [0.4, 0.5) is 0 Å². The lowest BCUT2D eigenvalue weighted by molar-refractivity contribution is -0.312. The maximum Gasteiger partial charge on any atom is 0.335 e. The zero-order valence-corrected chi connectivity index (χ0v) is 19.4. The van der Waals surface area contributed by atoms with E-state index in [1.807, 2.05) is 6.08 Å². The van der Waals surface area contributed by atoms with Crippen LogP contribution in [0.25, 0.3) is 0 Å². The van der Waals surface area contributed by atoms with Crippen molar-refractivity contribution in [2.45, 2.75) is 102 Å². The molecule has 1 aliphatic heterocycles. The highest BCUT2D eigenvalue weighted by Gasteiger charge is 2.60. The van der Waals surface area contributed by atoms with Gasteiger partial charge in [-0.2, -0.15) is 0 Å². The first-order valence-corrected chi connectivity index (χ1v) is 12.4. The maximum absolute atomic E-state index is 12.0. The zero-order chi connectivity index (χ0) is 23.7. The molecular formula is C25H36O8. The van der Waals surface area contributed by atoms with Gasteiger partial charge in [0.1, 0.15) is 18.3 Å². The number of hydrogen-bond acceptors (Lipinski definition) is 7. The van der Waals surface area contributed by atoms with Gasteiger partial charge in [-0.3, -0.25) is 4.79 Å². The Bertz CT molecular complexity index is 855. The fraction of sp³-hybridized carbons (Fsp3) is 0.840. The molecule has 1 saturated heterocycles. The molecule has 0 spiro atoms. The van der Waals surface area contributed by atoms with Gasteiger partial charge in [-0.25, -0.2) is 4.79 Å². The Kier molecular flexibility index (Phi) is 5.77. The molecule has 4 fully saturated rings. The second-order valence-electron chi connectivity index (χ2n) is 11.5. The average molecular weight is 465 g/mol. The minimum Gasteiger partial charge on any atom is -0.479 e. The SMILES string of the molecule is C[C@@]12CC[C@H]3[C@@H](CCC4=CC(=O)CC[C@@]43C)[C@@H]1CC[C@@H]2O[C@H]1O[C@@H](C(=O)O)[C@H](O)[C@@H](O)[C@@H]1O. The quantitative estimate of drug-likeness (QED) is 0.497. The van der Waals surface area contributed by atoms with Crippen molar-refractivity contribution < 1.29 is 39.5 Å². The summed E-state index contributed by atoms with van der Waals surface area (Å²) in [6.45, 7) is 4.58. The summed E-state index contributed by atoms with van der Waals surface area (Å²) in [5.41, 5.74) is 1.29. The molecule has 5 rings (SSSR count). The van der Waals surface area contributed by atoms with Crippen LogP contribution >= 0.6 is 0 Å². The van der Waals surface area contributed by atoms with Gasteiger partial charge in [0.15, 0.2) is 18.2 Å². The summed E-state index contributed by atoms with van der Waals surface area (Å²) in [6.07, 6.45) is 1.24. The van der Waals surface area contributed by atoms with Gasteiger partial charge in [-0.15, -0.1) is 0 Å². The Hall–Kier alpha value is -1.32. The molecule has 0 unspecified atom stereocenters. The van der Waals surface area contributed by atoms with E-state index in [1.165, 1.54) is 5.57 Å². The number of aliphatic hydroxyl groups excluding tert-OH is 3. The highest BCUT2D eigenvalue weighted by atomic mass is 16.7. The number of carbonyl (C=O) groups is 2. The van der Waals surface area contributed by atoms with Crippen LogP contribution in [0.2, 0.25) is 0 Å². The molecule has 0 amide bonds. The number of carboxylic acid groups (broad SMARTS) is 1. The standard InChI is InChI=1S/C25H36O8/c1-24-9-7-13(26)11-12(24)3-4-14-15-5-6-17(25(15,2)10-8-16(14)24)32-23-20(29)18(27)19(28)21(33-23)22(30)31/h11,14-21,23,27-29H,3-10H2,1-2H3,(H,30,31)/t14-,15-,16-,17-,18+,19+,20-,21+,23-,24-,25+/m0/s1. The van der Waals surface area contributed by atoms with Crippen LogP contribution < -0.4 is 0 Å². The summed E-state index contributed by atoms with van der Waals surface area (Å²) in [4.78, 5) is 23.5. The lowest BCUT2D eigenvalue weighted by Gasteiger charge is -2.58. The van der Waals surface area contributed by atoms with Crippen molar-refractivity contribution in [2.75, 3.05) is 0 Å². The zero-order valence-electron chi connectivity index (χ0n) is 19.4. The Labute approximate surface area is 194 Å². The molecule has 0 aromatic carbocycles. The number of ether oxygens (including phenoxy) is 2. The van der Waals surface area contributed by atoms with Crippen LogP contribution in [0.1, 0.15) is 65.2 Å². The molecule has 3 saturated carbocycles. The highest BCUT2D eigenvalue weighted by molar-refractivity contribution is 5.91. The summed E-state index contributed by atoms with van der Waals surface area (Å²) in [7, 11) is 0. The normalized spacial score (nSPS) is 51.8. The maximum atomic E-state index is 12.0. The second-order valence-corrected chi connectivity index (χ2v) is 11.5. The molecular weight excluding hydrogens is 428 g/mol. The van der Waals surface area contributed by atoms with Crippen LogP contribution in [0, 0.1) is 28.6 Å². The number of aliphatic carboxylic acids is 1. The van der Waals surface area contributed by atoms with Gasteiger partial charge < -0.3 is 29.9 Å². The van der Waals surface area contributed by atoms with E-state index in [0.717, 1.165) is 44.9 Å². The van der Waals surface area contributed by atoms with Crippen LogP contribution in [0.3, 0.4) is 0 Å². The smallest absolute Gasteiger partial charge is 0.335 e. The minimum absolute atomic E-state index is 0.0920. The molecule has 11 atom stereocenters. The van der Waals surface area contributed by atoms with Gasteiger partial charge in [0.05, 0.1) is 6.10 Å². The number of carboxylic acids is 1. The number of hydrogen-bond donors (Lipinski definition) is 4. The monoisotopic (exact) mass is 464 g/mol. The van der Waals surface area contributed by atoms with Crippen LogP contribution in [0.5, 0.6) is 0 Å². The van der Waals surface area contributed by atoms with E-state index in [1.54, 1.807) is 0 Å². The molecule has 8 heteroatoms. The minimum atomic E-state index is -1.72. The summed E-state index contributed by atoms with van der Waals surface area (Å²) in [5, 5.41) is 39.9. The summed E-state index contributed by atoms with van der Waals surface area (Å²) >= 11 is 0. The number of ketones is 1. The fourth-order valence-corrected chi connectivity index (χ4v) is 8.06. The van der Waals surface area contributed by atoms with Crippen LogP contribution in [-0.2, 0) is 19.1 Å². The predicted octanol–water partition coefficient (Wildman–Crippen LogP) is 1.80. The van der Waals surface area contributed by atoms with Crippen molar-refractivity contribution >= 4 is 11.8 Å². The molecule has 0 bridgehead atoms. The molecule has 33 heavy (non-hydrogen) atoms. The molecule has 0 radical (unpaired) electrons. The van der Waals surface area contributed by atoms with Crippen molar-refractivity contribution in [1.29, 1.82) is 0 Å². The van der Waals surface area contributed by atoms with Crippen molar-refractivity contribution in [3.63, 3.8) is 0 Å². The number of aliphatic hydroxyl groups is 3. The Morgan fingerprint density at radius 1 is 1.00 bits per heavy atom. The molecule has 4 aliphatic carbocycles. The highest BCUT2D eigenvalue weighted by Crippen LogP contribution is 2.65. The lowest BCUT2D eigenvalue weighted by atomic mass is 9.47. The molecule has 0 aromatic rings. The Morgan fingerprint density at radius 3 is 2.48 bits per heavy atom. The predicted molar refractivity (Wildman–Crippen MR) is 116 cm³/mol. The lowest BCUT2D eigenvalue weighted by Crippen LogP contribution is -2.61. The van der Waals surface area contributed by atoms with E-state index in [0.29, 0.717) is 24.2 Å². The Morgan fingerprint density at radius 2 is 1.76 bits per heavy atom. The van der Waals surface area contributed by atoms with E-state index >= 15 is 0 Å². The van der Waals surface area contributed by atoms with Gasteiger partial charge >= 0.3 is 5.97 Å². The van der Waals surface area contributed by atoms with Crippen molar-refractivity contribution in [2.24, 2.45) is 28.6 Å². The third kappa shape index (κ3) is 3.52. The number of carbonyl (C=O) groups excluding carboxylic acids is 1. The van der Waals surface area contributed by atoms with Gasteiger partial charge in [-0.1, -0.05) is 19.4 Å². The van der Waals surface area contributed by atoms with E-state index in [9.17, 15) is 30.0 Å². The van der Waals surface area contributed by atoms with Gasteiger partial charge in [-0.05, 0) is 79.6 Å². The van der Waals surface area contributed by atoms with E-state index in [-0.39, 0.29) is 22.7 Å². The third-order valence-electron chi connectivity index (χ3n) is 9.99. The number of rotatable bonds is 3. The van der Waals surface area contributed by atoms with Crippen LogP contribution in [0.15, 0.2) is 11.6 Å². The van der Waals surface area contributed by atoms with Crippen molar-refractivity contribution in [3.8, 4) is 0 Å². The van der Waals surface area contributed by atoms with Crippen molar-refractivity contribution in [1.82, 2.24) is 0 Å². The first-order chi connectivity index (χ1) is 15.6. The summed E-state index contributed by atoms with van der Waals surface area (Å²) in [5.74, 6) is 0.400. The second kappa shape index (κ2) is 8.12. The topological polar surface area (TPSA) is 134 Å². The number of allylic oxidation sites excluding steroid dienone is 1. The van der Waals surface area contributed by atoms with Gasteiger partial charge in [0, 0.05) is 6.42 Å². The van der Waals surface area contributed by atoms with Crippen LogP contribution in [-0.4, -0.2) is 69.0 Å². The molecule has 1 heterocycles. The average Bonchev–Trinajstić information content (AvgIpc) is 3.10. The third-order valence-corrected chi connectivity index (χ3v) is 9.99. The van der Waals surface area contributed by atoms with E-state index in [2.05, 4.69) is 13.8 Å². The Balaban J connectivity index is 1.34. The number of fused-ring (bicyclic) bond motifs is 5. The van der Waals surface area contributed by atoms with Gasteiger partial charge in [0.2, 0.25) is 0 Å². The summed E-state index contributed by atoms with van der Waals surface area (Å²) < 4.78 is 11.6. The van der Waals surface area contributed by atoms with E-state index < -0.39 is 36.7 Å². The molecule has 5 aliphatic rings. The molecule has 0 aromatic heterocycles. The summed E-state index contributed by atoms with van der Waals surface area (Å²) in [6, 6.07) is 0.